The first-order chi connectivity index (χ1) is 17.7. The molecule has 0 atom stereocenters. The molecule has 0 spiro atoms. The van der Waals surface area contributed by atoms with Crippen molar-refractivity contribution in [2.45, 2.75) is 25.2 Å². The van der Waals surface area contributed by atoms with E-state index in [2.05, 4.69) is 4.98 Å². The van der Waals surface area contributed by atoms with Crippen LogP contribution in [0.15, 0.2) is 53.7 Å². The first kappa shape index (κ1) is 24.6. The predicted molar refractivity (Wildman–Crippen MR) is 142 cm³/mol. The SMILES string of the molecule is CCc1cn(S(=O)(=O)c2ccc(C)cc2)c2ncc3c(-c4cc(OC)c(OC)c(OC)c4)nn(C)c3c12. The van der Waals surface area contributed by atoms with Crippen LogP contribution in [0, 0.1) is 6.92 Å². The van der Waals surface area contributed by atoms with Crippen LogP contribution in [-0.4, -0.2) is 48.5 Å². The van der Waals surface area contributed by atoms with Crippen molar-refractivity contribution in [3.8, 4) is 28.5 Å². The number of fused-ring (bicyclic) bond motifs is 3. The first-order valence-corrected chi connectivity index (χ1v) is 13.2. The standard InChI is InChI=1S/C27H28N4O5S/c1-7-17-15-31(37(32,33)19-10-8-16(2)9-11-19)27-23(17)25-20(14-28-27)24(29-30(25)3)18-12-21(34-4)26(36-6)22(13-18)35-5/h8-15H,7H2,1-6H3. The Morgan fingerprint density at radius 1 is 0.973 bits per heavy atom. The summed E-state index contributed by atoms with van der Waals surface area (Å²) in [5, 5.41) is 6.33. The Bertz CT molecular complexity index is 1730. The van der Waals surface area contributed by atoms with Gasteiger partial charge in [-0.3, -0.25) is 4.68 Å². The molecule has 0 aliphatic rings. The molecule has 37 heavy (non-hydrogen) atoms. The summed E-state index contributed by atoms with van der Waals surface area (Å²) in [6.07, 6.45) is 3.96. The van der Waals surface area contributed by atoms with E-state index in [0.717, 1.165) is 33.0 Å². The van der Waals surface area contributed by atoms with Crippen LogP contribution in [-0.2, 0) is 23.5 Å². The van der Waals surface area contributed by atoms with Crippen LogP contribution in [0.4, 0.5) is 0 Å². The zero-order chi connectivity index (χ0) is 26.5. The van der Waals surface area contributed by atoms with Crippen LogP contribution in [0.1, 0.15) is 18.1 Å². The average molecular weight is 521 g/mol. The molecule has 0 saturated heterocycles. The molecule has 0 bridgehead atoms. The third-order valence-corrected chi connectivity index (χ3v) is 8.22. The highest BCUT2D eigenvalue weighted by atomic mass is 32.2. The third-order valence-electron chi connectivity index (χ3n) is 6.56. The van der Waals surface area contributed by atoms with Gasteiger partial charge in [0, 0.05) is 35.8 Å². The second-order valence-electron chi connectivity index (χ2n) is 8.73. The molecule has 9 nitrogen and oxygen atoms in total. The van der Waals surface area contributed by atoms with Crippen molar-refractivity contribution in [3.63, 3.8) is 0 Å². The summed E-state index contributed by atoms with van der Waals surface area (Å²) in [5.41, 5.74) is 4.43. The van der Waals surface area contributed by atoms with Crippen LogP contribution in [0.3, 0.4) is 0 Å². The summed E-state index contributed by atoms with van der Waals surface area (Å²) in [6.45, 7) is 3.91. The molecular weight excluding hydrogens is 492 g/mol. The minimum atomic E-state index is -3.85. The molecule has 0 saturated carbocycles. The second kappa shape index (κ2) is 9.11. The number of aromatic nitrogens is 4. The van der Waals surface area contributed by atoms with Gasteiger partial charge in [0.2, 0.25) is 5.75 Å². The first-order valence-electron chi connectivity index (χ1n) is 11.7. The summed E-state index contributed by atoms with van der Waals surface area (Å²) in [5.74, 6) is 1.50. The topological polar surface area (TPSA) is 97.5 Å². The number of hydrogen-bond acceptors (Lipinski definition) is 7. The van der Waals surface area contributed by atoms with Crippen LogP contribution in [0.25, 0.3) is 33.2 Å². The van der Waals surface area contributed by atoms with E-state index in [4.69, 9.17) is 19.3 Å². The van der Waals surface area contributed by atoms with Crippen molar-refractivity contribution in [3.05, 3.63) is 59.9 Å². The summed E-state index contributed by atoms with van der Waals surface area (Å²) in [7, 11) is 2.68. The van der Waals surface area contributed by atoms with E-state index in [-0.39, 0.29) is 4.90 Å². The smallest absolute Gasteiger partial charge is 0.269 e. The molecule has 0 fully saturated rings. The van der Waals surface area contributed by atoms with Crippen LogP contribution in [0.2, 0.25) is 0 Å². The highest BCUT2D eigenvalue weighted by Gasteiger charge is 2.26. The summed E-state index contributed by atoms with van der Waals surface area (Å²) < 4.78 is 46.8. The molecule has 0 aliphatic carbocycles. The maximum atomic E-state index is 13.6. The van der Waals surface area contributed by atoms with Gasteiger partial charge in [0.05, 0.1) is 31.7 Å². The molecule has 0 N–H and O–H groups in total. The van der Waals surface area contributed by atoms with Gasteiger partial charge in [-0.15, -0.1) is 0 Å². The Morgan fingerprint density at radius 3 is 2.19 bits per heavy atom. The van der Waals surface area contributed by atoms with E-state index >= 15 is 0 Å². The molecule has 192 valence electrons. The van der Waals surface area contributed by atoms with Gasteiger partial charge >= 0.3 is 0 Å². The summed E-state index contributed by atoms with van der Waals surface area (Å²) in [4.78, 5) is 4.86. The quantitative estimate of drug-likeness (QED) is 0.306. The van der Waals surface area contributed by atoms with E-state index in [0.29, 0.717) is 35.0 Å². The zero-order valence-corrected chi connectivity index (χ0v) is 22.4. The lowest BCUT2D eigenvalue weighted by atomic mass is 10.1. The molecule has 3 heterocycles. The number of nitrogens with zero attached hydrogens (tertiary/aromatic N) is 4. The molecule has 0 unspecified atom stereocenters. The monoisotopic (exact) mass is 520 g/mol. The molecule has 5 rings (SSSR count). The fourth-order valence-corrected chi connectivity index (χ4v) is 6.03. The molecule has 0 aliphatic heterocycles. The van der Waals surface area contributed by atoms with Gasteiger partial charge in [0.25, 0.3) is 10.0 Å². The number of benzene rings is 2. The Hall–Kier alpha value is -4.05. The van der Waals surface area contributed by atoms with E-state index in [9.17, 15) is 8.42 Å². The van der Waals surface area contributed by atoms with Gasteiger partial charge in [0.1, 0.15) is 5.69 Å². The van der Waals surface area contributed by atoms with Crippen molar-refractivity contribution < 1.29 is 22.6 Å². The lowest BCUT2D eigenvalue weighted by molar-refractivity contribution is 0.324. The van der Waals surface area contributed by atoms with Crippen molar-refractivity contribution in [2.24, 2.45) is 7.05 Å². The maximum absolute atomic E-state index is 13.6. The summed E-state index contributed by atoms with van der Waals surface area (Å²) in [6, 6.07) is 10.5. The maximum Gasteiger partial charge on any atom is 0.269 e. The highest BCUT2D eigenvalue weighted by molar-refractivity contribution is 7.90. The average Bonchev–Trinajstić information content (AvgIpc) is 3.45. The van der Waals surface area contributed by atoms with Crippen molar-refractivity contribution in [1.29, 1.82) is 0 Å². The minimum Gasteiger partial charge on any atom is -0.493 e. The van der Waals surface area contributed by atoms with Gasteiger partial charge in [-0.25, -0.2) is 17.4 Å². The van der Waals surface area contributed by atoms with E-state index in [1.54, 1.807) is 62.7 Å². The number of ether oxygens (including phenoxy) is 3. The van der Waals surface area contributed by atoms with Gasteiger partial charge in [-0.1, -0.05) is 24.6 Å². The third kappa shape index (κ3) is 3.79. The number of rotatable bonds is 7. The largest absolute Gasteiger partial charge is 0.493 e. The fraction of sp³-hybridized carbons (Fsp3) is 0.259. The molecule has 3 aromatic heterocycles. The lowest BCUT2D eigenvalue weighted by Gasteiger charge is -2.13. The van der Waals surface area contributed by atoms with Gasteiger partial charge in [0.15, 0.2) is 17.1 Å². The number of hydrogen-bond donors (Lipinski definition) is 0. The van der Waals surface area contributed by atoms with Gasteiger partial charge < -0.3 is 14.2 Å². The molecule has 0 radical (unpaired) electrons. The molecule has 5 aromatic rings. The Balaban J connectivity index is 1.78. The van der Waals surface area contributed by atoms with E-state index in [1.807, 2.05) is 33.0 Å². The highest BCUT2D eigenvalue weighted by Crippen LogP contribution is 2.43. The molecule has 10 heteroatoms. The Labute approximate surface area is 215 Å². The summed E-state index contributed by atoms with van der Waals surface area (Å²) >= 11 is 0. The molecule has 2 aromatic carbocycles. The van der Waals surface area contributed by atoms with E-state index < -0.39 is 10.0 Å². The zero-order valence-electron chi connectivity index (χ0n) is 21.6. The Kier molecular flexibility index (Phi) is 6.07. The van der Waals surface area contributed by atoms with Crippen molar-refractivity contribution in [2.75, 3.05) is 21.3 Å². The number of pyridine rings is 1. The van der Waals surface area contributed by atoms with Crippen molar-refractivity contribution in [1.82, 2.24) is 18.7 Å². The predicted octanol–water partition coefficient (Wildman–Crippen LogP) is 4.72. The van der Waals surface area contributed by atoms with Crippen LogP contribution >= 0.6 is 0 Å². The molecule has 0 amide bonds. The lowest BCUT2D eigenvalue weighted by Crippen LogP contribution is -2.12. The number of aryl methyl sites for hydroxylation is 3. The Morgan fingerprint density at radius 2 is 1.62 bits per heavy atom. The van der Waals surface area contributed by atoms with Crippen molar-refractivity contribution >= 4 is 32.0 Å². The molecular formula is C27H28N4O5S. The van der Waals surface area contributed by atoms with E-state index in [1.165, 1.54) is 3.97 Å². The normalized spacial score (nSPS) is 11.8. The minimum absolute atomic E-state index is 0.211. The van der Waals surface area contributed by atoms with Crippen LogP contribution < -0.4 is 14.2 Å². The van der Waals surface area contributed by atoms with Gasteiger partial charge in [-0.05, 0) is 43.2 Å². The second-order valence-corrected chi connectivity index (χ2v) is 10.5. The number of methoxy groups -OCH3 is 3. The van der Waals surface area contributed by atoms with Gasteiger partial charge in [-0.2, -0.15) is 5.10 Å². The fourth-order valence-electron chi connectivity index (χ4n) is 4.69. The van der Waals surface area contributed by atoms with Crippen LogP contribution in [0.5, 0.6) is 17.2 Å².